The predicted octanol–water partition coefficient (Wildman–Crippen LogP) is 2.53. The van der Waals surface area contributed by atoms with Gasteiger partial charge in [0.05, 0.1) is 0 Å². The van der Waals surface area contributed by atoms with Crippen LogP contribution in [0.4, 0.5) is 0 Å². The lowest BCUT2D eigenvalue weighted by Gasteiger charge is -2.06. The van der Waals surface area contributed by atoms with E-state index in [1.807, 2.05) is 0 Å². The molecule has 0 amide bonds. The maximum atomic E-state index is 2.28. The van der Waals surface area contributed by atoms with Gasteiger partial charge in [0.2, 0.25) is 0 Å². The Morgan fingerprint density at radius 1 is 1.62 bits per heavy atom. The molecular formula is C8H12. The Labute approximate surface area is 50.9 Å². The van der Waals surface area contributed by atoms with E-state index < -0.39 is 0 Å². The molecule has 0 aromatic rings. The Morgan fingerprint density at radius 3 is 2.75 bits per heavy atom. The Morgan fingerprint density at radius 2 is 2.38 bits per heavy atom. The fourth-order valence-corrected chi connectivity index (χ4v) is 0.834. The summed E-state index contributed by atoms with van der Waals surface area (Å²) in [6, 6.07) is 0. The second-order valence-corrected chi connectivity index (χ2v) is 2.52. The lowest BCUT2D eigenvalue weighted by Crippen LogP contribution is -1.91. The van der Waals surface area contributed by atoms with Crippen LogP contribution in [0, 0.1) is 5.92 Å². The number of hydrogen-bond donors (Lipinski definition) is 0. The lowest BCUT2D eigenvalue weighted by atomic mass is 10.00. The van der Waals surface area contributed by atoms with Crippen LogP contribution in [0.3, 0.4) is 0 Å². The zero-order valence-corrected chi connectivity index (χ0v) is 5.52. The van der Waals surface area contributed by atoms with Gasteiger partial charge in [-0.1, -0.05) is 30.7 Å². The third-order valence-electron chi connectivity index (χ3n) is 1.50. The molecule has 8 heavy (non-hydrogen) atoms. The molecule has 1 aliphatic rings. The zero-order chi connectivity index (χ0) is 5.98. The first-order valence-electron chi connectivity index (χ1n) is 3.14. The summed E-state index contributed by atoms with van der Waals surface area (Å²) in [5.41, 5.74) is 1.41. The van der Waals surface area contributed by atoms with Crippen LogP contribution in [0.2, 0.25) is 0 Å². The van der Waals surface area contributed by atoms with Crippen molar-refractivity contribution in [2.45, 2.75) is 20.3 Å². The lowest BCUT2D eigenvalue weighted by molar-refractivity contribution is 0.731. The standard InChI is InChI=1S/C8H12/c1-7-3-5-8(2)6-4-7/h3-5,8H,6H2,1-2H3/t8-/m0/s1. The summed E-state index contributed by atoms with van der Waals surface area (Å²) < 4.78 is 0. The fourth-order valence-electron chi connectivity index (χ4n) is 0.834. The Balaban J connectivity index is 2.58. The molecule has 1 atom stereocenters. The van der Waals surface area contributed by atoms with Crippen LogP contribution in [0.1, 0.15) is 20.3 Å². The van der Waals surface area contributed by atoms with Crippen LogP contribution in [0.5, 0.6) is 0 Å². The van der Waals surface area contributed by atoms with Crippen molar-refractivity contribution in [2.75, 3.05) is 0 Å². The van der Waals surface area contributed by atoms with Crippen molar-refractivity contribution in [1.29, 1.82) is 0 Å². The highest BCUT2D eigenvalue weighted by Crippen LogP contribution is 2.13. The number of hydrogen-bond acceptors (Lipinski definition) is 0. The van der Waals surface area contributed by atoms with Gasteiger partial charge in [-0.2, -0.15) is 0 Å². The van der Waals surface area contributed by atoms with Gasteiger partial charge in [-0.05, 0) is 19.3 Å². The van der Waals surface area contributed by atoms with E-state index in [0.717, 1.165) is 5.92 Å². The largest absolute Gasteiger partial charge is 0.0811 e. The van der Waals surface area contributed by atoms with Gasteiger partial charge >= 0.3 is 0 Å². The first-order valence-corrected chi connectivity index (χ1v) is 3.14. The van der Waals surface area contributed by atoms with Crippen LogP contribution in [0.25, 0.3) is 0 Å². The third kappa shape index (κ3) is 1.22. The molecule has 0 aromatic heterocycles. The smallest absolute Gasteiger partial charge is 0.0224 e. The first-order chi connectivity index (χ1) is 3.79. The van der Waals surface area contributed by atoms with Crippen molar-refractivity contribution in [1.82, 2.24) is 0 Å². The van der Waals surface area contributed by atoms with Gasteiger partial charge in [0.15, 0.2) is 0 Å². The highest BCUT2D eigenvalue weighted by atomic mass is 14.0. The van der Waals surface area contributed by atoms with Crippen LogP contribution in [-0.4, -0.2) is 0 Å². The van der Waals surface area contributed by atoms with Gasteiger partial charge in [0.1, 0.15) is 0 Å². The molecule has 0 aliphatic heterocycles. The molecule has 0 saturated heterocycles. The van der Waals surface area contributed by atoms with Gasteiger partial charge < -0.3 is 0 Å². The minimum absolute atomic E-state index is 0.763. The molecule has 0 N–H and O–H groups in total. The second-order valence-electron chi connectivity index (χ2n) is 2.52. The Bertz CT molecular complexity index is 129. The predicted molar refractivity (Wildman–Crippen MR) is 36.7 cm³/mol. The summed E-state index contributed by atoms with van der Waals surface area (Å²) in [4.78, 5) is 0. The van der Waals surface area contributed by atoms with Crippen molar-refractivity contribution in [3.8, 4) is 0 Å². The summed E-state index contributed by atoms with van der Waals surface area (Å²) >= 11 is 0. The third-order valence-corrected chi connectivity index (χ3v) is 1.50. The van der Waals surface area contributed by atoms with Crippen LogP contribution < -0.4 is 0 Å². The first kappa shape index (κ1) is 5.61. The highest BCUT2D eigenvalue weighted by molar-refractivity contribution is 5.20. The van der Waals surface area contributed by atoms with Gasteiger partial charge in [-0.3, -0.25) is 0 Å². The molecule has 0 spiro atoms. The second kappa shape index (κ2) is 2.17. The minimum Gasteiger partial charge on any atom is -0.0811 e. The number of rotatable bonds is 0. The van der Waals surface area contributed by atoms with Crippen molar-refractivity contribution in [3.63, 3.8) is 0 Å². The summed E-state index contributed by atoms with van der Waals surface area (Å²) in [5.74, 6) is 0.763. The maximum Gasteiger partial charge on any atom is -0.0224 e. The van der Waals surface area contributed by atoms with E-state index in [4.69, 9.17) is 0 Å². The van der Waals surface area contributed by atoms with E-state index in [9.17, 15) is 0 Å². The molecule has 0 fully saturated rings. The molecule has 0 saturated carbocycles. The average Bonchev–Trinajstić information content (AvgIpc) is 1.77. The Hall–Kier alpha value is -0.520. The van der Waals surface area contributed by atoms with E-state index in [0.29, 0.717) is 0 Å². The van der Waals surface area contributed by atoms with Gasteiger partial charge in [-0.15, -0.1) is 0 Å². The summed E-state index contributed by atoms with van der Waals surface area (Å²) in [5, 5.41) is 0. The summed E-state index contributed by atoms with van der Waals surface area (Å²) in [6.07, 6.45) is 7.95. The molecule has 0 aromatic carbocycles. The molecule has 0 bridgehead atoms. The molecule has 0 heteroatoms. The molecular weight excluding hydrogens is 96.1 g/mol. The molecule has 0 radical (unpaired) electrons. The minimum atomic E-state index is 0.763. The number of allylic oxidation sites excluding steroid dienone is 4. The van der Waals surface area contributed by atoms with Crippen molar-refractivity contribution in [2.24, 2.45) is 5.92 Å². The molecule has 0 nitrogen and oxygen atoms in total. The quantitative estimate of drug-likeness (QED) is 0.447. The fraction of sp³-hybridized carbons (Fsp3) is 0.500. The normalized spacial score (nSPS) is 27.8. The van der Waals surface area contributed by atoms with Gasteiger partial charge in [-0.25, -0.2) is 0 Å². The monoisotopic (exact) mass is 108 g/mol. The van der Waals surface area contributed by atoms with E-state index in [1.54, 1.807) is 0 Å². The molecule has 44 valence electrons. The van der Waals surface area contributed by atoms with Crippen molar-refractivity contribution >= 4 is 0 Å². The van der Waals surface area contributed by atoms with Gasteiger partial charge in [0, 0.05) is 0 Å². The summed E-state index contributed by atoms with van der Waals surface area (Å²) in [6.45, 7) is 4.38. The molecule has 0 heterocycles. The molecule has 0 unspecified atom stereocenters. The molecule has 1 aliphatic carbocycles. The average molecular weight is 108 g/mol. The van der Waals surface area contributed by atoms with Crippen molar-refractivity contribution < 1.29 is 0 Å². The van der Waals surface area contributed by atoms with Crippen LogP contribution in [0.15, 0.2) is 23.8 Å². The van der Waals surface area contributed by atoms with E-state index in [-0.39, 0.29) is 0 Å². The Kier molecular flexibility index (Phi) is 1.52. The SMILES string of the molecule is CC1=CC[C@@H](C)C=C1. The van der Waals surface area contributed by atoms with Gasteiger partial charge in [0.25, 0.3) is 0 Å². The van der Waals surface area contributed by atoms with Crippen LogP contribution >= 0.6 is 0 Å². The highest BCUT2D eigenvalue weighted by Gasteiger charge is 1.97. The van der Waals surface area contributed by atoms with E-state index >= 15 is 0 Å². The van der Waals surface area contributed by atoms with Crippen molar-refractivity contribution in [3.05, 3.63) is 23.8 Å². The molecule has 1 rings (SSSR count). The topological polar surface area (TPSA) is 0 Å². The summed E-state index contributed by atoms with van der Waals surface area (Å²) in [7, 11) is 0. The van der Waals surface area contributed by atoms with E-state index in [1.165, 1.54) is 12.0 Å². The van der Waals surface area contributed by atoms with Crippen LogP contribution in [-0.2, 0) is 0 Å². The maximum absolute atomic E-state index is 2.28. The van der Waals surface area contributed by atoms with E-state index in [2.05, 4.69) is 32.1 Å². The zero-order valence-electron chi connectivity index (χ0n) is 5.52.